The van der Waals surface area contributed by atoms with E-state index in [1.54, 1.807) is 0 Å². The highest BCUT2D eigenvalue weighted by Gasteiger charge is 2.14. The van der Waals surface area contributed by atoms with Crippen LogP contribution in [0.25, 0.3) is 0 Å². The van der Waals surface area contributed by atoms with Crippen LogP contribution in [-0.2, 0) is 9.53 Å². The fraction of sp³-hybridized carbons (Fsp3) is 0.800. The number of hydrogen-bond donors (Lipinski definition) is 1. The van der Waals surface area contributed by atoms with Crippen molar-refractivity contribution in [2.75, 3.05) is 33.0 Å². The molecule has 1 aliphatic heterocycles. The van der Waals surface area contributed by atoms with Crippen LogP contribution in [-0.4, -0.2) is 43.8 Å². The summed E-state index contributed by atoms with van der Waals surface area (Å²) in [6, 6.07) is 0. The molecule has 1 N–H and O–H groups in total. The Morgan fingerprint density at radius 1 is 1.64 bits per heavy atom. The number of hydrogen-bond acceptors (Lipinski definition) is 4. The third kappa shape index (κ3) is 3.50. The first-order chi connectivity index (χ1) is 6.88. The van der Waals surface area contributed by atoms with E-state index in [2.05, 4.69) is 12.2 Å². The monoisotopic (exact) mass is 198 g/mol. The minimum Gasteiger partial charge on any atom is -0.361 e. The zero-order valence-electron chi connectivity index (χ0n) is 8.71. The Morgan fingerprint density at radius 3 is 3.21 bits per heavy atom. The van der Waals surface area contributed by atoms with Crippen molar-refractivity contribution in [1.82, 2.24) is 10.2 Å². The maximum Gasteiger partial charge on any atom is 0.147 e. The predicted molar refractivity (Wildman–Crippen MR) is 54.5 cm³/mol. The fourth-order valence-electron chi connectivity index (χ4n) is 1.33. The van der Waals surface area contributed by atoms with Crippen molar-refractivity contribution >= 4 is 5.94 Å². The molecule has 1 heterocycles. The minimum absolute atomic E-state index is 0.520. The molecular formula is C10H18N2O2. The summed E-state index contributed by atoms with van der Waals surface area (Å²) in [7, 11) is 0. The molecule has 0 unspecified atom stereocenters. The van der Waals surface area contributed by atoms with E-state index < -0.39 is 0 Å². The van der Waals surface area contributed by atoms with E-state index in [0.717, 1.165) is 32.5 Å². The van der Waals surface area contributed by atoms with Crippen molar-refractivity contribution in [3.8, 4) is 0 Å². The molecule has 1 rings (SSSR count). The number of rotatable bonds is 5. The van der Waals surface area contributed by atoms with Gasteiger partial charge in [-0.3, -0.25) is 0 Å². The Kier molecular flexibility index (Phi) is 5.30. The molecule has 0 aromatic heterocycles. The van der Waals surface area contributed by atoms with Gasteiger partial charge in [0, 0.05) is 26.2 Å². The van der Waals surface area contributed by atoms with Gasteiger partial charge in [0.05, 0.1) is 0 Å². The van der Waals surface area contributed by atoms with Gasteiger partial charge >= 0.3 is 0 Å². The van der Waals surface area contributed by atoms with Crippen LogP contribution in [0.3, 0.4) is 0 Å². The van der Waals surface area contributed by atoms with Crippen LogP contribution in [0.2, 0.25) is 0 Å². The molecule has 0 aliphatic carbocycles. The van der Waals surface area contributed by atoms with E-state index in [4.69, 9.17) is 4.74 Å². The molecule has 1 fully saturated rings. The summed E-state index contributed by atoms with van der Waals surface area (Å²) in [5.41, 5.74) is 0.674. The summed E-state index contributed by atoms with van der Waals surface area (Å²) in [6.07, 6.45) is 2.21. The van der Waals surface area contributed by atoms with Gasteiger partial charge < -0.3 is 15.0 Å². The number of nitrogens with zero attached hydrogens (tertiary/aromatic N) is 1. The standard InChI is InChI=1S/C10H18N2O2/c1-2-3-6-14-9-12-5-4-11-7-10(12)8-13/h11H,2-7,9H2,1H3. The lowest BCUT2D eigenvalue weighted by Gasteiger charge is -2.29. The van der Waals surface area contributed by atoms with Crippen molar-refractivity contribution in [3.05, 3.63) is 5.70 Å². The molecule has 0 amide bonds. The van der Waals surface area contributed by atoms with Crippen molar-refractivity contribution in [1.29, 1.82) is 0 Å². The Balaban J connectivity index is 2.23. The second kappa shape index (κ2) is 6.60. The lowest BCUT2D eigenvalue weighted by atomic mass is 10.3. The van der Waals surface area contributed by atoms with E-state index in [-0.39, 0.29) is 0 Å². The van der Waals surface area contributed by atoms with Gasteiger partial charge in [0.25, 0.3) is 0 Å². The number of unbranched alkanes of at least 4 members (excludes halogenated alkanes) is 1. The molecule has 4 heteroatoms. The Hall–Kier alpha value is -0.830. The summed E-state index contributed by atoms with van der Waals surface area (Å²) >= 11 is 0. The van der Waals surface area contributed by atoms with Crippen LogP contribution < -0.4 is 5.32 Å². The smallest absolute Gasteiger partial charge is 0.147 e. The van der Waals surface area contributed by atoms with Gasteiger partial charge in [0.2, 0.25) is 0 Å². The second-order valence-electron chi connectivity index (χ2n) is 3.38. The van der Waals surface area contributed by atoms with Gasteiger partial charge in [0.1, 0.15) is 18.4 Å². The van der Waals surface area contributed by atoms with Crippen LogP contribution in [0, 0.1) is 0 Å². The summed E-state index contributed by atoms with van der Waals surface area (Å²) in [5.74, 6) is 1.94. The number of piperazine rings is 1. The van der Waals surface area contributed by atoms with Crippen LogP contribution in [0.5, 0.6) is 0 Å². The van der Waals surface area contributed by atoms with E-state index >= 15 is 0 Å². The molecule has 0 atom stereocenters. The summed E-state index contributed by atoms with van der Waals surface area (Å²) in [4.78, 5) is 12.5. The van der Waals surface area contributed by atoms with Gasteiger partial charge in [-0.05, 0) is 6.42 Å². The van der Waals surface area contributed by atoms with E-state index in [0.29, 0.717) is 19.0 Å². The summed E-state index contributed by atoms with van der Waals surface area (Å²) in [6.45, 7) is 5.77. The van der Waals surface area contributed by atoms with Crippen LogP contribution in [0.15, 0.2) is 5.70 Å². The van der Waals surface area contributed by atoms with Crippen LogP contribution >= 0.6 is 0 Å². The quantitative estimate of drug-likeness (QED) is 0.512. The van der Waals surface area contributed by atoms with Gasteiger partial charge in [-0.25, -0.2) is 4.79 Å². The summed E-state index contributed by atoms with van der Waals surface area (Å²) in [5, 5.41) is 3.12. The first-order valence-electron chi connectivity index (χ1n) is 5.16. The third-order valence-electron chi connectivity index (χ3n) is 2.24. The molecule has 1 aliphatic rings. The highest BCUT2D eigenvalue weighted by molar-refractivity contribution is 5.52. The molecule has 80 valence electrons. The average Bonchev–Trinajstić information content (AvgIpc) is 2.25. The topological polar surface area (TPSA) is 41.6 Å². The zero-order chi connectivity index (χ0) is 10.2. The van der Waals surface area contributed by atoms with Crippen molar-refractivity contribution in [2.24, 2.45) is 0 Å². The molecule has 1 saturated heterocycles. The highest BCUT2D eigenvalue weighted by Crippen LogP contribution is 2.03. The van der Waals surface area contributed by atoms with Crippen LogP contribution in [0.1, 0.15) is 19.8 Å². The van der Waals surface area contributed by atoms with Crippen molar-refractivity contribution in [3.63, 3.8) is 0 Å². The zero-order valence-corrected chi connectivity index (χ0v) is 8.71. The van der Waals surface area contributed by atoms with E-state index in [1.165, 1.54) is 0 Å². The van der Waals surface area contributed by atoms with E-state index in [1.807, 2.05) is 10.8 Å². The molecule has 0 spiro atoms. The maximum absolute atomic E-state index is 10.6. The molecule has 0 aromatic rings. The maximum atomic E-state index is 10.6. The third-order valence-corrected chi connectivity index (χ3v) is 2.24. The van der Waals surface area contributed by atoms with Crippen LogP contribution in [0.4, 0.5) is 0 Å². The SMILES string of the molecule is CCCCOCN1CCNCC1=C=O. The van der Waals surface area contributed by atoms with E-state index in [9.17, 15) is 4.79 Å². The molecule has 4 nitrogen and oxygen atoms in total. The Bertz CT molecular complexity index is 212. The second-order valence-corrected chi connectivity index (χ2v) is 3.38. The number of nitrogens with one attached hydrogen (secondary N) is 1. The van der Waals surface area contributed by atoms with Gasteiger partial charge in [-0.15, -0.1) is 0 Å². The molecule has 14 heavy (non-hydrogen) atoms. The molecule has 0 saturated carbocycles. The van der Waals surface area contributed by atoms with Gasteiger partial charge in [-0.1, -0.05) is 13.3 Å². The van der Waals surface area contributed by atoms with Crippen molar-refractivity contribution in [2.45, 2.75) is 19.8 Å². The minimum atomic E-state index is 0.520. The highest BCUT2D eigenvalue weighted by atomic mass is 16.5. The lowest BCUT2D eigenvalue weighted by molar-refractivity contribution is 0.0408. The Morgan fingerprint density at radius 2 is 2.50 bits per heavy atom. The average molecular weight is 198 g/mol. The lowest BCUT2D eigenvalue weighted by Crippen LogP contribution is -2.43. The molecule has 0 bridgehead atoms. The largest absolute Gasteiger partial charge is 0.361 e. The molecular weight excluding hydrogens is 180 g/mol. The predicted octanol–water partition coefficient (Wildman–Crippen LogP) is 0.381. The Labute approximate surface area is 84.9 Å². The first-order valence-corrected chi connectivity index (χ1v) is 5.16. The summed E-state index contributed by atoms with van der Waals surface area (Å²) < 4.78 is 5.44. The van der Waals surface area contributed by atoms with Gasteiger partial charge in [-0.2, -0.15) is 0 Å². The molecule has 0 aromatic carbocycles. The van der Waals surface area contributed by atoms with Crippen molar-refractivity contribution < 1.29 is 9.53 Å². The fourth-order valence-corrected chi connectivity index (χ4v) is 1.33. The number of carbonyl (C=O) groups excluding carboxylic acids is 1. The first kappa shape index (κ1) is 11.2. The van der Waals surface area contributed by atoms with Gasteiger partial charge in [0.15, 0.2) is 0 Å². The normalized spacial score (nSPS) is 16.9. The number of ether oxygens (including phenoxy) is 1. The molecule has 0 radical (unpaired) electrons.